The van der Waals surface area contributed by atoms with Crippen molar-refractivity contribution in [2.45, 2.75) is 13.0 Å². The molecule has 100 valence electrons. The maximum absolute atomic E-state index is 13.4. The Labute approximate surface area is 121 Å². The Bertz CT molecular complexity index is 572. The molecular weight excluding hydrogens is 307 g/mol. The first-order valence-corrected chi connectivity index (χ1v) is 6.87. The van der Waals surface area contributed by atoms with Gasteiger partial charge in [-0.1, -0.05) is 28.1 Å². The molecule has 0 aliphatic heterocycles. The maximum Gasteiger partial charge on any atom is 0.123 e. The zero-order valence-corrected chi connectivity index (χ0v) is 12.2. The van der Waals surface area contributed by atoms with Gasteiger partial charge in [0.15, 0.2) is 0 Å². The van der Waals surface area contributed by atoms with E-state index in [0.717, 1.165) is 21.3 Å². The second-order valence-corrected chi connectivity index (χ2v) is 5.36. The maximum atomic E-state index is 13.4. The smallest absolute Gasteiger partial charge is 0.123 e. The number of anilines is 1. The molecule has 0 saturated carbocycles. The molecule has 2 rings (SSSR count). The van der Waals surface area contributed by atoms with E-state index in [-0.39, 0.29) is 11.9 Å². The van der Waals surface area contributed by atoms with Crippen molar-refractivity contribution >= 4 is 21.6 Å². The van der Waals surface area contributed by atoms with Crippen molar-refractivity contribution in [2.75, 3.05) is 11.9 Å². The first-order valence-electron chi connectivity index (χ1n) is 6.08. The lowest BCUT2D eigenvalue weighted by atomic mass is 10.0. The van der Waals surface area contributed by atoms with Gasteiger partial charge in [0.05, 0.1) is 6.04 Å². The second-order valence-electron chi connectivity index (χ2n) is 4.44. The predicted octanol–water partition coefficient (Wildman–Crippen LogP) is 4.01. The zero-order chi connectivity index (χ0) is 13.8. The van der Waals surface area contributed by atoms with E-state index < -0.39 is 0 Å². The number of nitrogens with two attached hydrogens (primary N) is 1. The van der Waals surface area contributed by atoms with E-state index in [1.54, 1.807) is 6.07 Å². The van der Waals surface area contributed by atoms with Crippen LogP contribution in [0.4, 0.5) is 10.1 Å². The summed E-state index contributed by atoms with van der Waals surface area (Å²) in [6.45, 7) is 2.36. The molecule has 3 N–H and O–H groups in total. The number of aryl methyl sites for hydroxylation is 1. The number of benzene rings is 2. The number of halogens is 2. The molecule has 0 spiro atoms. The average molecular weight is 323 g/mol. The molecule has 0 heterocycles. The van der Waals surface area contributed by atoms with Crippen molar-refractivity contribution in [3.63, 3.8) is 0 Å². The van der Waals surface area contributed by atoms with E-state index in [9.17, 15) is 4.39 Å². The Hall–Kier alpha value is -1.39. The molecule has 2 aromatic carbocycles. The van der Waals surface area contributed by atoms with Crippen molar-refractivity contribution in [1.82, 2.24) is 0 Å². The molecule has 1 unspecified atom stereocenters. The van der Waals surface area contributed by atoms with Crippen molar-refractivity contribution in [2.24, 2.45) is 5.73 Å². The lowest BCUT2D eigenvalue weighted by Crippen LogP contribution is -2.21. The van der Waals surface area contributed by atoms with E-state index in [1.807, 2.05) is 31.2 Å². The first-order chi connectivity index (χ1) is 9.10. The molecule has 0 saturated heterocycles. The van der Waals surface area contributed by atoms with Gasteiger partial charge in [0.1, 0.15) is 5.82 Å². The van der Waals surface area contributed by atoms with E-state index >= 15 is 0 Å². The van der Waals surface area contributed by atoms with Crippen molar-refractivity contribution in [3.05, 3.63) is 63.9 Å². The molecule has 1 atom stereocenters. The third kappa shape index (κ3) is 3.55. The standard InChI is InChI=1S/C15H16BrFN2/c1-10-5-6-12(17)8-14(10)15(9-18)19-13-4-2-3-11(16)7-13/h2-8,15,19H,9,18H2,1H3. The lowest BCUT2D eigenvalue weighted by Gasteiger charge is -2.20. The minimum atomic E-state index is -0.241. The van der Waals surface area contributed by atoms with Crippen LogP contribution in [0.5, 0.6) is 0 Å². The Morgan fingerprint density at radius 3 is 2.74 bits per heavy atom. The molecular formula is C15H16BrFN2. The zero-order valence-electron chi connectivity index (χ0n) is 10.7. The molecule has 0 fully saturated rings. The van der Waals surface area contributed by atoms with Gasteiger partial charge in [-0.2, -0.15) is 0 Å². The molecule has 19 heavy (non-hydrogen) atoms. The second kappa shape index (κ2) is 6.17. The van der Waals surface area contributed by atoms with Gasteiger partial charge in [-0.15, -0.1) is 0 Å². The van der Waals surface area contributed by atoms with Crippen molar-refractivity contribution in [3.8, 4) is 0 Å². The van der Waals surface area contributed by atoms with Crippen molar-refractivity contribution < 1.29 is 4.39 Å². The van der Waals surface area contributed by atoms with Crippen molar-refractivity contribution in [1.29, 1.82) is 0 Å². The topological polar surface area (TPSA) is 38.0 Å². The van der Waals surface area contributed by atoms with Gasteiger partial charge in [-0.3, -0.25) is 0 Å². The average Bonchev–Trinajstić information content (AvgIpc) is 2.39. The first kappa shape index (κ1) is 14.0. The lowest BCUT2D eigenvalue weighted by molar-refractivity contribution is 0.621. The highest BCUT2D eigenvalue weighted by molar-refractivity contribution is 9.10. The number of nitrogens with one attached hydrogen (secondary N) is 1. The monoisotopic (exact) mass is 322 g/mol. The Morgan fingerprint density at radius 1 is 1.26 bits per heavy atom. The van der Waals surface area contributed by atoms with Crippen LogP contribution in [0.2, 0.25) is 0 Å². The van der Waals surface area contributed by atoms with Crippen LogP contribution < -0.4 is 11.1 Å². The van der Waals surface area contributed by atoms with Gasteiger partial charge in [0, 0.05) is 16.7 Å². The Balaban J connectivity index is 2.27. The molecule has 0 radical (unpaired) electrons. The summed E-state index contributed by atoms with van der Waals surface area (Å²) < 4.78 is 14.4. The van der Waals surface area contributed by atoms with Gasteiger partial charge < -0.3 is 11.1 Å². The highest BCUT2D eigenvalue weighted by Gasteiger charge is 2.13. The van der Waals surface area contributed by atoms with Crippen LogP contribution in [0, 0.1) is 12.7 Å². The molecule has 0 aliphatic carbocycles. The van der Waals surface area contributed by atoms with Crippen LogP contribution in [-0.2, 0) is 0 Å². The van der Waals surface area contributed by atoms with Gasteiger partial charge in [-0.25, -0.2) is 4.39 Å². The molecule has 2 aromatic rings. The summed E-state index contributed by atoms with van der Waals surface area (Å²) >= 11 is 3.43. The predicted molar refractivity (Wildman–Crippen MR) is 80.7 cm³/mol. The summed E-state index contributed by atoms with van der Waals surface area (Å²) in [4.78, 5) is 0. The van der Waals surface area contributed by atoms with Gasteiger partial charge >= 0.3 is 0 Å². The van der Waals surface area contributed by atoms with Crippen LogP contribution in [0.25, 0.3) is 0 Å². The molecule has 0 bridgehead atoms. The molecule has 4 heteroatoms. The SMILES string of the molecule is Cc1ccc(F)cc1C(CN)Nc1cccc(Br)c1. The fraction of sp³-hybridized carbons (Fsp3) is 0.200. The summed E-state index contributed by atoms with van der Waals surface area (Å²) in [5.74, 6) is -0.241. The Morgan fingerprint density at radius 2 is 2.05 bits per heavy atom. The van der Waals surface area contributed by atoms with Gasteiger partial charge in [-0.05, 0) is 48.4 Å². The molecule has 2 nitrogen and oxygen atoms in total. The van der Waals surface area contributed by atoms with Crippen LogP contribution in [0.15, 0.2) is 46.9 Å². The largest absolute Gasteiger partial charge is 0.377 e. The number of hydrogen-bond acceptors (Lipinski definition) is 2. The molecule has 0 amide bonds. The summed E-state index contributed by atoms with van der Waals surface area (Å²) in [6.07, 6.45) is 0. The number of hydrogen-bond donors (Lipinski definition) is 2. The highest BCUT2D eigenvalue weighted by atomic mass is 79.9. The quantitative estimate of drug-likeness (QED) is 0.892. The van der Waals surface area contributed by atoms with Crippen LogP contribution in [0.1, 0.15) is 17.2 Å². The summed E-state index contributed by atoms with van der Waals surface area (Å²) in [7, 11) is 0. The van der Waals surface area contributed by atoms with E-state index in [1.165, 1.54) is 12.1 Å². The minimum absolute atomic E-state index is 0.106. The van der Waals surface area contributed by atoms with Crippen LogP contribution in [-0.4, -0.2) is 6.54 Å². The van der Waals surface area contributed by atoms with Crippen LogP contribution in [0.3, 0.4) is 0 Å². The minimum Gasteiger partial charge on any atom is -0.377 e. The third-order valence-corrected chi connectivity index (χ3v) is 3.51. The van der Waals surface area contributed by atoms with Gasteiger partial charge in [0.25, 0.3) is 0 Å². The highest BCUT2D eigenvalue weighted by Crippen LogP contribution is 2.24. The Kier molecular flexibility index (Phi) is 4.56. The summed E-state index contributed by atoms with van der Waals surface area (Å²) in [5.41, 5.74) is 8.68. The normalized spacial score (nSPS) is 12.2. The van der Waals surface area contributed by atoms with Gasteiger partial charge in [0.2, 0.25) is 0 Å². The van der Waals surface area contributed by atoms with E-state index in [4.69, 9.17) is 5.73 Å². The third-order valence-electron chi connectivity index (χ3n) is 3.02. The number of rotatable bonds is 4. The fourth-order valence-electron chi connectivity index (χ4n) is 2.03. The summed E-state index contributed by atoms with van der Waals surface area (Å²) in [5, 5.41) is 3.33. The van der Waals surface area contributed by atoms with E-state index in [2.05, 4.69) is 21.2 Å². The molecule has 0 aliphatic rings. The summed E-state index contributed by atoms with van der Waals surface area (Å²) in [6, 6.07) is 12.5. The fourth-order valence-corrected chi connectivity index (χ4v) is 2.43. The van der Waals surface area contributed by atoms with Crippen LogP contribution >= 0.6 is 15.9 Å². The molecule has 0 aromatic heterocycles. The van der Waals surface area contributed by atoms with E-state index in [0.29, 0.717) is 6.54 Å².